The summed E-state index contributed by atoms with van der Waals surface area (Å²) in [7, 11) is -0.783. The van der Waals surface area contributed by atoms with Gasteiger partial charge in [-0.05, 0) is 118 Å². The van der Waals surface area contributed by atoms with Crippen molar-refractivity contribution >= 4 is 63.1 Å². The fourth-order valence-corrected chi connectivity index (χ4v) is 9.92. The molecule has 19 heteroatoms. The summed E-state index contributed by atoms with van der Waals surface area (Å²) >= 11 is 5.17. The fraction of sp³-hybridized carbons (Fsp3) is 0.382. The number of benzene rings is 6. The molecular formula is C68H91ClN4O12Si2. The lowest BCUT2D eigenvalue weighted by atomic mass is 10.1. The van der Waals surface area contributed by atoms with Crippen molar-refractivity contribution in [3.8, 4) is 0 Å². The number of nitrogens with zero attached hydrogens (tertiary/aromatic N) is 2. The maximum absolute atomic E-state index is 13.1. The molecule has 6 aromatic rings. The number of carbonyl (C=O) groups excluding carboxylic acids is 6. The average molecular weight is 1250 g/mol. The highest BCUT2D eigenvalue weighted by molar-refractivity contribution is 6.74. The number of rotatable bonds is 25. The van der Waals surface area contributed by atoms with Gasteiger partial charge in [0.1, 0.15) is 0 Å². The molecular weight excluding hydrogens is 1160 g/mol. The molecule has 0 aliphatic rings. The summed E-state index contributed by atoms with van der Waals surface area (Å²) in [4.78, 5) is 73.7. The van der Waals surface area contributed by atoms with Crippen molar-refractivity contribution in [2.24, 2.45) is 0 Å². The molecule has 0 spiro atoms. The molecule has 6 aromatic carbocycles. The van der Waals surface area contributed by atoms with Crippen LogP contribution in [0.2, 0.25) is 36.3 Å². The highest BCUT2D eigenvalue weighted by Crippen LogP contribution is 2.37. The van der Waals surface area contributed by atoms with Gasteiger partial charge in [-0.2, -0.15) is 0 Å². The van der Waals surface area contributed by atoms with E-state index in [0.29, 0.717) is 55.8 Å². The highest BCUT2D eigenvalue weighted by Gasteiger charge is 2.38. The molecule has 87 heavy (non-hydrogen) atoms. The summed E-state index contributed by atoms with van der Waals surface area (Å²) < 4.78 is 21.9. The molecule has 6 rings (SSSR count). The summed E-state index contributed by atoms with van der Waals surface area (Å²) in [6.45, 7) is 26.6. The lowest BCUT2D eigenvalue weighted by Crippen LogP contribution is -2.43. The smallest absolute Gasteiger partial charge is 0.337 e. The molecule has 0 heterocycles. The molecule has 0 atom stereocenters. The summed E-state index contributed by atoms with van der Waals surface area (Å²) in [5.74, 6) is -1.28. The number of aliphatic hydroxyl groups is 1. The van der Waals surface area contributed by atoms with Gasteiger partial charge in [0, 0.05) is 57.9 Å². The standard InChI is InChI=1S/C25H35NO4Si.C18H20N2O4.C17H29NO3Si.C8H7ClO/c1-25(2,3)31(5,6)30-17-16-26(23(27)18-20-10-8-7-9-11-20)19-21-12-14-22(15-13-21)24(28)29-4;21-11-10-20(17(22)12-14-4-2-1-3-5-14)13-15-6-8-16(9-7-15)18(23)19-24;1-17(2,3)22(5,6)21-12-11-18-13-14-7-9-15(10-8-14)16(19)20-4;9-8(10)6-7-4-2-1-3-5-7/h7-15H,16-19H2,1-6H3;1-9,21,24H,10-13H2,(H,19,23);7-10,18H,11-13H2,1-6H3;1-5H,6H2. The van der Waals surface area contributed by atoms with E-state index in [2.05, 4.69) is 77.8 Å². The number of carbonyl (C=O) groups is 6. The van der Waals surface area contributed by atoms with E-state index in [1.54, 1.807) is 58.9 Å². The van der Waals surface area contributed by atoms with Gasteiger partial charge in [0.25, 0.3) is 5.91 Å². The van der Waals surface area contributed by atoms with Crippen LogP contribution in [-0.2, 0) is 71.6 Å². The second kappa shape index (κ2) is 37.5. The van der Waals surface area contributed by atoms with Gasteiger partial charge in [-0.15, -0.1) is 0 Å². The molecule has 0 saturated heterocycles. The minimum Gasteiger partial charge on any atom is -0.465 e. The molecule has 0 aliphatic heterocycles. The molecule has 0 radical (unpaired) electrons. The number of esters is 2. The molecule has 4 N–H and O–H groups in total. The molecule has 0 bridgehead atoms. The van der Waals surface area contributed by atoms with Crippen LogP contribution in [-0.4, -0.2) is 125 Å². The number of halogens is 1. The van der Waals surface area contributed by atoms with Crippen LogP contribution in [0.3, 0.4) is 0 Å². The SMILES string of the molecule is COC(=O)c1ccc(CN(CCO[Si](C)(C)C(C)(C)C)C(=O)Cc2ccccc2)cc1.COC(=O)c1ccc(CNCCO[Si](C)(C)C(C)(C)C)cc1.O=C(Cl)Cc1ccccc1.O=C(NO)c1ccc(CN(CCO)C(=O)Cc2ccccc2)cc1. The van der Waals surface area contributed by atoms with Crippen molar-refractivity contribution in [1.82, 2.24) is 20.6 Å². The molecule has 0 fully saturated rings. The monoisotopic (exact) mass is 1250 g/mol. The molecule has 0 aliphatic carbocycles. The van der Waals surface area contributed by atoms with Crippen LogP contribution in [0.15, 0.2) is 164 Å². The van der Waals surface area contributed by atoms with Crippen molar-refractivity contribution < 1.29 is 57.4 Å². The number of hydroxylamine groups is 1. The summed E-state index contributed by atoms with van der Waals surface area (Å²) in [5, 5.41) is 21.2. The highest BCUT2D eigenvalue weighted by atomic mass is 35.5. The number of methoxy groups -OCH3 is 2. The number of aliphatic hydroxyl groups excluding tert-OH is 1. The van der Waals surface area contributed by atoms with Gasteiger partial charge < -0.3 is 38.5 Å². The van der Waals surface area contributed by atoms with Gasteiger partial charge in [0.15, 0.2) is 16.6 Å². The van der Waals surface area contributed by atoms with E-state index in [4.69, 9.17) is 30.4 Å². The Morgan fingerprint density at radius 3 is 1.20 bits per heavy atom. The Balaban J connectivity index is 0.000000320. The summed E-state index contributed by atoms with van der Waals surface area (Å²) in [6, 6.07) is 49.8. The largest absolute Gasteiger partial charge is 0.465 e. The van der Waals surface area contributed by atoms with Crippen LogP contribution < -0.4 is 10.8 Å². The predicted molar refractivity (Wildman–Crippen MR) is 348 cm³/mol. The molecule has 0 saturated carbocycles. The minimum atomic E-state index is -1.89. The van der Waals surface area contributed by atoms with Crippen molar-refractivity contribution in [3.63, 3.8) is 0 Å². The maximum Gasteiger partial charge on any atom is 0.337 e. The molecule has 16 nitrogen and oxygen atoms in total. The van der Waals surface area contributed by atoms with E-state index in [-0.39, 0.29) is 58.6 Å². The number of hydrogen-bond acceptors (Lipinski definition) is 13. The van der Waals surface area contributed by atoms with Gasteiger partial charge in [-0.25, -0.2) is 15.1 Å². The van der Waals surface area contributed by atoms with E-state index in [1.165, 1.54) is 14.2 Å². The second-order valence-electron chi connectivity index (χ2n) is 23.6. The first-order chi connectivity index (χ1) is 41.1. The number of hydrogen-bond donors (Lipinski definition) is 4. The first-order valence-corrected chi connectivity index (χ1v) is 35.2. The number of ether oxygens (including phenoxy) is 2. The normalized spacial score (nSPS) is 11.2. The third-order valence-electron chi connectivity index (χ3n) is 15.0. The van der Waals surface area contributed by atoms with Gasteiger partial charge in [0.05, 0.1) is 51.4 Å². The lowest BCUT2D eigenvalue weighted by molar-refractivity contribution is -0.132. The molecule has 0 aromatic heterocycles. The summed E-state index contributed by atoms with van der Waals surface area (Å²) in [5.41, 5.74) is 8.77. The van der Waals surface area contributed by atoms with Crippen LogP contribution in [0.5, 0.6) is 0 Å². The quantitative estimate of drug-likeness (QED) is 0.0105. The first-order valence-electron chi connectivity index (χ1n) is 29.0. The zero-order chi connectivity index (χ0) is 64.6. The van der Waals surface area contributed by atoms with Crippen molar-refractivity contribution in [2.45, 2.75) is 117 Å². The van der Waals surface area contributed by atoms with Crippen LogP contribution in [0.1, 0.15) is 106 Å². The third kappa shape index (κ3) is 27.6. The third-order valence-corrected chi connectivity index (χ3v) is 24.2. The van der Waals surface area contributed by atoms with E-state index in [9.17, 15) is 33.9 Å². The van der Waals surface area contributed by atoms with Crippen LogP contribution in [0.4, 0.5) is 0 Å². The number of amides is 3. The Bertz CT molecular complexity index is 3010. The molecule has 470 valence electrons. The van der Waals surface area contributed by atoms with Gasteiger partial charge in [-0.3, -0.25) is 24.4 Å². The van der Waals surface area contributed by atoms with Crippen molar-refractivity contribution in [2.75, 3.05) is 53.7 Å². The fourth-order valence-electron chi connectivity index (χ4n) is 7.69. The Kier molecular flexibility index (Phi) is 32.0. The first kappa shape index (κ1) is 74.1. The zero-order valence-corrected chi connectivity index (χ0v) is 55.6. The van der Waals surface area contributed by atoms with Gasteiger partial charge in [0.2, 0.25) is 17.1 Å². The van der Waals surface area contributed by atoms with Crippen molar-refractivity contribution in [3.05, 3.63) is 214 Å². The lowest BCUT2D eigenvalue weighted by Gasteiger charge is -2.37. The van der Waals surface area contributed by atoms with E-state index in [0.717, 1.165) is 53.1 Å². The maximum atomic E-state index is 13.1. The van der Waals surface area contributed by atoms with Gasteiger partial charge >= 0.3 is 11.9 Å². The van der Waals surface area contributed by atoms with Crippen molar-refractivity contribution in [1.29, 1.82) is 0 Å². The Hall–Kier alpha value is -7.14. The van der Waals surface area contributed by atoms with Crippen LogP contribution >= 0.6 is 11.6 Å². The number of nitrogens with one attached hydrogen (secondary N) is 2. The second-order valence-corrected chi connectivity index (χ2v) is 33.6. The molecule has 0 unspecified atom stereocenters. The Labute approximate surface area is 522 Å². The van der Waals surface area contributed by atoms with Crippen LogP contribution in [0.25, 0.3) is 0 Å². The van der Waals surface area contributed by atoms with E-state index >= 15 is 0 Å². The minimum absolute atomic E-state index is 0.0575. The predicted octanol–water partition coefficient (Wildman–Crippen LogP) is 12.0. The average Bonchev–Trinajstić information content (AvgIpc) is 3.68. The van der Waals surface area contributed by atoms with Gasteiger partial charge in [-0.1, -0.05) is 169 Å². The Morgan fingerprint density at radius 2 is 0.839 bits per heavy atom. The topological polar surface area (TPSA) is 210 Å². The Morgan fingerprint density at radius 1 is 0.483 bits per heavy atom. The van der Waals surface area contributed by atoms with E-state index in [1.807, 2.05) is 120 Å². The molecule has 3 amide bonds. The zero-order valence-electron chi connectivity index (χ0n) is 52.8. The van der Waals surface area contributed by atoms with Crippen LogP contribution in [0, 0.1) is 0 Å². The summed E-state index contributed by atoms with van der Waals surface area (Å²) in [6.07, 6.45) is 0.940. The van der Waals surface area contributed by atoms with E-state index < -0.39 is 22.5 Å².